The van der Waals surface area contributed by atoms with Gasteiger partial charge in [0.25, 0.3) is 11.8 Å². The van der Waals surface area contributed by atoms with Crippen LogP contribution in [-0.2, 0) is 13.1 Å². The summed E-state index contributed by atoms with van der Waals surface area (Å²) in [4.78, 5) is 37.9. The predicted molar refractivity (Wildman–Crippen MR) is 159 cm³/mol. The molecule has 1 aromatic heterocycles. The fourth-order valence-electron chi connectivity index (χ4n) is 5.48. The molecule has 2 heterocycles. The largest absolute Gasteiger partial charge is 0.334 e. The molecule has 2 amide bonds. The third-order valence-corrected chi connectivity index (χ3v) is 7.49. The molecule has 0 atom stereocenters. The normalized spacial score (nSPS) is 15.0. The van der Waals surface area contributed by atoms with Gasteiger partial charge in [-0.2, -0.15) is 0 Å². The second kappa shape index (κ2) is 13.3. The number of aromatic nitrogens is 1. The molecule has 3 aromatic carbocycles. The van der Waals surface area contributed by atoms with Crippen LogP contribution in [0.3, 0.4) is 0 Å². The van der Waals surface area contributed by atoms with Crippen molar-refractivity contribution in [2.45, 2.75) is 32.9 Å². The molecule has 0 N–H and O–H groups in total. The van der Waals surface area contributed by atoms with E-state index in [1.165, 1.54) is 29.8 Å². The summed E-state index contributed by atoms with van der Waals surface area (Å²) in [5, 5.41) is 0. The van der Waals surface area contributed by atoms with E-state index >= 15 is 0 Å². The van der Waals surface area contributed by atoms with Gasteiger partial charge in [-0.25, -0.2) is 4.39 Å². The van der Waals surface area contributed by atoms with Crippen LogP contribution in [0.15, 0.2) is 97.3 Å². The van der Waals surface area contributed by atoms with E-state index in [1.54, 1.807) is 24.5 Å². The third kappa shape index (κ3) is 7.05. The first-order valence-corrected chi connectivity index (χ1v) is 14.1. The molecule has 1 aliphatic rings. The fraction of sp³-hybridized carbons (Fsp3) is 0.265. The summed E-state index contributed by atoms with van der Waals surface area (Å²) in [5.41, 5.74) is 4.85. The molecule has 0 aliphatic carbocycles. The van der Waals surface area contributed by atoms with Crippen LogP contribution in [0.25, 0.3) is 0 Å². The second-order valence-corrected chi connectivity index (χ2v) is 10.5. The van der Waals surface area contributed by atoms with Crippen LogP contribution in [0, 0.1) is 12.7 Å². The Kier molecular flexibility index (Phi) is 9.16. The van der Waals surface area contributed by atoms with E-state index in [4.69, 9.17) is 0 Å². The number of halogens is 1. The quantitative estimate of drug-likeness (QED) is 0.308. The van der Waals surface area contributed by atoms with Gasteiger partial charge in [-0.15, -0.1) is 0 Å². The molecule has 0 fully saturated rings. The van der Waals surface area contributed by atoms with Gasteiger partial charge in [-0.3, -0.25) is 19.5 Å². The molecular weight excluding hydrogens is 515 g/mol. The van der Waals surface area contributed by atoms with Crippen LogP contribution in [0.1, 0.15) is 50.2 Å². The summed E-state index contributed by atoms with van der Waals surface area (Å²) in [6.45, 7) is 5.81. The van der Waals surface area contributed by atoms with Gasteiger partial charge in [0.15, 0.2) is 0 Å². The summed E-state index contributed by atoms with van der Waals surface area (Å²) in [5.74, 6) is -0.654. The Morgan fingerprint density at radius 1 is 0.780 bits per heavy atom. The number of hydrogen-bond acceptors (Lipinski definition) is 4. The maximum Gasteiger partial charge on any atom is 0.258 e. The highest BCUT2D eigenvalue weighted by atomic mass is 19.1. The zero-order valence-corrected chi connectivity index (χ0v) is 23.4. The van der Waals surface area contributed by atoms with Crippen molar-refractivity contribution in [2.24, 2.45) is 0 Å². The molecule has 210 valence electrons. The Balaban J connectivity index is 1.52. The molecule has 0 radical (unpaired) electrons. The van der Waals surface area contributed by atoms with Gasteiger partial charge in [0.2, 0.25) is 0 Å². The lowest BCUT2D eigenvalue weighted by Crippen LogP contribution is -2.39. The smallest absolute Gasteiger partial charge is 0.258 e. The first-order chi connectivity index (χ1) is 20.0. The first-order valence-electron chi connectivity index (χ1n) is 14.1. The Hall–Kier alpha value is -4.36. The molecule has 5 rings (SSSR count). The molecule has 0 unspecified atom stereocenters. The topological polar surface area (TPSA) is 56.8 Å². The number of rotatable bonds is 4. The van der Waals surface area contributed by atoms with Crippen molar-refractivity contribution in [3.8, 4) is 0 Å². The fourth-order valence-corrected chi connectivity index (χ4v) is 5.48. The van der Waals surface area contributed by atoms with Crippen molar-refractivity contribution in [1.82, 2.24) is 14.8 Å². The SMILES string of the molecule is Cc1cccc2c1N(C(=O)c1ccc(F)cc1)CCCN(Cc1ccccc1)CCCN(C(=O)c1cccnc1)C2. The molecule has 41 heavy (non-hydrogen) atoms. The minimum atomic E-state index is -0.382. The van der Waals surface area contributed by atoms with E-state index in [2.05, 4.69) is 22.0 Å². The van der Waals surface area contributed by atoms with E-state index in [9.17, 15) is 14.0 Å². The van der Waals surface area contributed by atoms with Gasteiger partial charge in [-0.05, 0) is 72.9 Å². The van der Waals surface area contributed by atoms with E-state index in [0.717, 1.165) is 49.3 Å². The van der Waals surface area contributed by atoms with Crippen molar-refractivity contribution in [3.63, 3.8) is 0 Å². The highest BCUT2D eigenvalue weighted by Crippen LogP contribution is 2.29. The highest BCUT2D eigenvalue weighted by molar-refractivity contribution is 6.07. The van der Waals surface area contributed by atoms with Gasteiger partial charge in [0.1, 0.15) is 5.82 Å². The van der Waals surface area contributed by atoms with Gasteiger partial charge >= 0.3 is 0 Å². The second-order valence-electron chi connectivity index (χ2n) is 10.5. The summed E-state index contributed by atoms with van der Waals surface area (Å²) < 4.78 is 13.7. The number of amides is 2. The zero-order chi connectivity index (χ0) is 28.6. The lowest BCUT2D eigenvalue weighted by molar-refractivity contribution is 0.0733. The van der Waals surface area contributed by atoms with Crippen LogP contribution in [0.2, 0.25) is 0 Å². The van der Waals surface area contributed by atoms with Gasteiger partial charge in [0.05, 0.1) is 11.3 Å². The van der Waals surface area contributed by atoms with Crippen LogP contribution in [0.5, 0.6) is 0 Å². The minimum absolute atomic E-state index is 0.0892. The number of para-hydroxylation sites is 1. The Bertz CT molecular complexity index is 1460. The van der Waals surface area contributed by atoms with Crippen LogP contribution in [0.4, 0.5) is 10.1 Å². The van der Waals surface area contributed by atoms with Crippen molar-refractivity contribution >= 4 is 17.5 Å². The molecule has 0 spiro atoms. The number of pyridine rings is 1. The van der Waals surface area contributed by atoms with Crippen molar-refractivity contribution in [3.05, 3.63) is 131 Å². The van der Waals surface area contributed by atoms with E-state index < -0.39 is 0 Å². The number of carbonyl (C=O) groups is 2. The van der Waals surface area contributed by atoms with E-state index in [0.29, 0.717) is 30.8 Å². The van der Waals surface area contributed by atoms with Crippen molar-refractivity contribution < 1.29 is 14.0 Å². The van der Waals surface area contributed by atoms with E-state index in [-0.39, 0.29) is 17.6 Å². The molecule has 0 saturated heterocycles. The summed E-state index contributed by atoms with van der Waals surface area (Å²) >= 11 is 0. The van der Waals surface area contributed by atoms with E-state index in [1.807, 2.05) is 53.1 Å². The molecule has 0 bridgehead atoms. The Labute approximate surface area is 241 Å². The van der Waals surface area contributed by atoms with Crippen LogP contribution in [-0.4, -0.2) is 52.8 Å². The average Bonchev–Trinajstić information content (AvgIpc) is 2.99. The van der Waals surface area contributed by atoms with Crippen LogP contribution < -0.4 is 4.90 Å². The number of fused-ring (bicyclic) bond motifs is 1. The number of anilines is 1. The lowest BCUT2D eigenvalue weighted by Gasteiger charge is -2.32. The number of hydrogen-bond donors (Lipinski definition) is 0. The number of carbonyl (C=O) groups excluding carboxylic acids is 2. The Morgan fingerprint density at radius 3 is 2.27 bits per heavy atom. The Morgan fingerprint density at radius 2 is 1.54 bits per heavy atom. The van der Waals surface area contributed by atoms with Crippen LogP contribution >= 0.6 is 0 Å². The summed E-state index contributed by atoms with van der Waals surface area (Å²) in [6.07, 6.45) is 4.85. The number of nitrogens with zero attached hydrogens (tertiary/aromatic N) is 4. The van der Waals surface area contributed by atoms with Crippen molar-refractivity contribution in [1.29, 1.82) is 0 Å². The lowest BCUT2D eigenvalue weighted by atomic mass is 10.0. The highest BCUT2D eigenvalue weighted by Gasteiger charge is 2.26. The number of aryl methyl sites for hydroxylation is 1. The molecule has 0 saturated carbocycles. The zero-order valence-electron chi connectivity index (χ0n) is 23.4. The molecule has 6 nitrogen and oxygen atoms in total. The molecule has 7 heteroatoms. The molecular formula is C34H35FN4O2. The maximum absolute atomic E-state index is 14.0. The van der Waals surface area contributed by atoms with Crippen molar-refractivity contribution in [2.75, 3.05) is 31.1 Å². The number of benzene rings is 3. The predicted octanol–water partition coefficient (Wildman–Crippen LogP) is 6.11. The molecule has 4 aromatic rings. The maximum atomic E-state index is 14.0. The monoisotopic (exact) mass is 550 g/mol. The average molecular weight is 551 g/mol. The molecule has 1 aliphatic heterocycles. The van der Waals surface area contributed by atoms with Gasteiger partial charge < -0.3 is 9.80 Å². The standard InChI is InChI=1S/C34H35FN4O2/c1-26-9-5-12-30-25-38(33(40)29-13-6-18-36-23-29)21-7-19-37(24-27-10-3-2-4-11-27)20-8-22-39(32(26)30)34(41)28-14-16-31(35)17-15-28/h2-6,9-18,23H,7-8,19-22,24-25H2,1H3. The third-order valence-electron chi connectivity index (χ3n) is 7.49. The van der Waals surface area contributed by atoms with Gasteiger partial charge in [0, 0.05) is 57.2 Å². The summed E-state index contributed by atoms with van der Waals surface area (Å²) in [6, 6.07) is 25.6. The summed E-state index contributed by atoms with van der Waals surface area (Å²) in [7, 11) is 0. The van der Waals surface area contributed by atoms with Gasteiger partial charge in [-0.1, -0.05) is 48.5 Å². The first kappa shape index (κ1) is 28.2. The minimum Gasteiger partial charge on any atom is -0.334 e.